The molecule has 0 bridgehead atoms. The van der Waals surface area contributed by atoms with Crippen LogP contribution < -0.4 is 16.4 Å². The molecular weight excluding hydrogens is 270 g/mol. The van der Waals surface area contributed by atoms with E-state index in [9.17, 15) is 14.4 Å². The zero-order chi connectivity index (χ0) is 15.0. The minimum absolute atomic E-state index is 0.0665. The highest BCUT2D eigenvalue weighted by Gasteiger charge is 2.20. The van der Waals surface area contributed by atoms with Crippen LogP contribution in [0.15, 0.2) is 10.9 Å². The second kappa shape index (κ2) is 7.71. The summed E-state index contributed by atoms with van der Waals surface area (Å²) in [5.74, 6) is -1.44. The summed E-state index contributed by atoms with van der Waals surface area (Å²) in [6.45, 7) is 0.216. The normalized spacial score (nSPS) is 11.6. The number of nitrogens with two attached hydrogens (primary N) is 1. The van der Waals surface area contributed by atoms with Crippen molar-refractivity contribution in [1.82, 2.24) is 20.8 Å². The molecule has 0 aliphatic heterocycles. The monoisotopic (exact) mass is 285 g/mol. The number of carboxylic acids is 1. The molecule has 110 valence electrons. The second-order valence-electron chi connectivity index (χ2n) is 3.89. The van der Waals surface area contributed by atoms with Gasteiger partial charge in [-0.1, -0.05) is 5.16 Å². The molecule has 3 amide bonds. The van der Waals surface area contributed by atoms with Gasteiger partial charge in [-0.25, -0.2) is 9.59 Å². The molecule has 5 N–H and O–H groups in total. The summed E-state index contributed by atoms with van der Waals surface area (Å²) < 4.78 is 4.51. The van der Waals surface area contributed by atoms with Gasteiger partial charge < -0.3 is 26.0 Å². The lowest BCUT2D eigenvalue weighted by Gasteiger charge is -2.14. The van der Waals surface area contributed by atoms with Crippen LogP contribution in [0.3, 0.4) is 0 Å². The average Bonchev–Trinajstić information content (AvgIpc) is 2.87. The van der Waals surface area contributed by atoms with Crippen LogP contribution in [0.2, 0.25) is 0 Å². The van der Waals surface area contributed by atoms with Crippen molar-refractivity contribution >= 4 is 17.9 Å². The molecule has 1 aromatic rings. The van der Waals surface area contributed by atoms with Gasteiger partial charge in [-0.2, -0.15) is 4.98 Å². The van der Waals surface area contributed by atoms with E-state index in [-0.39, 0.29) is 19.4 Å². The summed E-state index contributed by atoms with van der Waals surface area (Å²) in [4.78, 5) is 36.7. The Bertz CT molecular complexity index is 461. The number of hydrogen-bond acceptors (Lipinski definition) is 6. The number of carbonyl (C=O) groups is 3. The summed E-state index contributed by atoms with van der Waals surface area (Å²) in [5, 5.41) is 17.1. The highest BCUT2D eigenvalue weighted by atomic mass is 16.5. The molecule has 0 fully saturated rings. The third-order valence-electron chi connectivity index (χ3n) is 2.32. The maximum atomic E-state index is 11.5. The van der Waals surface area contributed by atoms with Crippen LogP contribution in [-0.4, -0.2) is 45.7 Å². The maximum absolute atomic E-state index is 11.5. The molecule has 0 aromatic carbocycles. The Kier molecular flexibility index (Phi) is 5.94. The van der Waals surface area contributed by atoms with Gasteiger partial charge in [-0.05, 0) is 6.42 Å². The predicted molar refractivity (Wildman–Crippen MR) is 64.4 cm³/mol. The van der Waals surface area contributed by atoms with E-state index in [0.717, 1.165) is 0 Å². The molecule has 0 aliphatic carbocycles. The van der Waals surface area contributed by atoms with Crippen LogP contribution in [0, 0.1) is 0 Å². The van der Waals surface area contributed by atoms with Crippen molar-refractivity contribution in [3.8, 4) is 0 Å². The highest BCUT2D eigenvalue weighted by molar-refractivity contribution is 5.83. The van der Waals surface area contributed by atoms with Crippen molar-refractivity contribution in [3.05, 3.63) is 12.2 Å². The van der Waals surface area contributed by atoms with Gasteiger partial charge in [-0.3, -0.25) is 4.79 Å². The highest BCUT2D eigenvalue weighted by Crippen LogP contribution is 1.97. The number of urea groups is 1. The Balaban J connectivity index is 2.30. The molecule has 1 rings (SSSR count). The Morgan fingerprint density at radius 1 is 1.45 bits per heavy atom. The molecule has 0 saturated heterocycles. The van der Waals surface area contributed by atoms with Crippen molar-refractivity contribution < 1.29 is 24.0 Å². The largest absolute Gasteiger partial charge is 0.480 e. The van der Waals surface area contributed by atoms with Crippen molar-refractivity contribution in [2.24, 2.45) is 5.73 Å². The molecule has 0 radical (unpaired) electrons. The lowest BCUT2D eigenvalue weighted by molar-refractivity contribution is -0.139. The van der Waals surface area contributed by atoms with Crippen molar-refractivity contribution in [2.45, 2.75) is 25.3 Å². The van der Waals surface area contributed by atoms with Crippen molar-refractivity contribution in [1.29, 1.82) is 0 Å². The smallest absolute Gasteiger partial charge is 0.326 e. The number of rotatable bonds is 8. The van der Waals surface area contributed by atoms with E-state index in [4.69, 9.17) is 10.8 Å². The van der Waals surface area contributed by atoms with E-state index >= 15 is 0 Å². The molecule has 10 nitrogen and oxygen atoms in total. The Morgan fingerprint density at radius 3 is 2.75 bits per heavy atom. The average molecular weight is 285 g/mol. The third kappa shape index (κ3) is 5.80. The first-order valence-electron chi connectivity index (χ1n) is 5.79. The second-order valence-corrected chi connectivity index (χ2v) is 3.89. The van der Waals surface area contributed by atoms with Gasteiger partial charge in [0.15, 0.2) is 5.82 Å². The number of aromatic nitrogens is 2. The Labute approximate surface area is 113 Å². The number of carboxylic acid groups (broad SMARTS) is 1. The summed E-state index contributed by atoms with van der Waals surface area (Å²) in [5.41, 5.74) is 4.92. The minimum Gasteiger partial charge on any atom is -0.480 e. The van der Waals surface area contributed by atoms with Gasteiger partial charge in [0.05, 0.1) is 0 Å². The Morgan fingerprint density at radius 2 is 2.20 bits per heavy atom. The standard InChI is InChI=1S/C10H15N5O5/c11-7(16)2-1-6(9(17)18)14-10(19)12-4-3-8-13-5-20-15-8/h5-6H,1-4H2,(H2,11,16)(H,17,18)(H2,12,14,19)/t6-/m0/s1. The van der Waals surface area contributed by atoms with Crippen LogP contribution in [0.1, 0.15) is 18.7 Å². The number of amides is 3. The minimum atomic E-state index is -1.24. The van der Waals surface area contributed by atoms with E-state index in [1.165, 1.54) is 6.39 Å². The molecule has 0 saturated carbocycles. The maximum Gasteiger partial charge on any atom is 0.326 e. The van der Waals surface area contributed by atoms with Gasteiger partial charge in [0, 0.05) is 19.4 Å². The lowest BCUT2D eigenvalue weighted by atomic mass is 10.1. The number of aliphatic carboxylic acids is 1. The van der Waals surface area contributed by atoms with Crippen LogP contribution in [0.25, 0.3) is 0 Å². The van der Waals surface area contributed by atoms with Crippen LogP contribution in [-0.2, 0) is 16.0 Å². The zero-order valence-corrected chi connectivity index (χ0v) is 10.5. The molecule has 0 aliphatic rings. The fourth-order valence-corrected chi connectivity index (χ4v) is 1.34. The number of carbonyl (C=O) groups excluding carboxylic acids is 2. The molecule has 0 spiro atoms. The van der Waals surface area contributed by atoms with E-state index in [1.54, 1.807) is 0 Å². The first-order valence-corrected chi connectivity index (χ1v) is 5.79. The summed E-state index contributed by atoms with van der Waals surface area (Å²) in [6, 6.07) is -1.84. The van der Waals surface area contributed by atoms with Gasteiger partial charge in [0.2, 0.25) is 12.3 Å². The molecule has 1 atom stereocenters. The first-order chi connectivity index (χ1) is 9.49. The number of hydrogen-bond donors (Lipinski definition) is 4. The summed E-state index contributed by atoms with van der Waals surface area (Å²) >= 11 is 0. The molecule has 1 aromatic heterocycles. The molecule has 0 unspecified atom stereocenters. The first kappa shape index (κ1) is 15.4. The molecular formula is C10H15N5O5. The summed E-state index contributed by atoms with van der Waals surface area (Å²) in [7, 11) is 0. The fourth-order valence-electron chi connectivity index (χ4n) is 1.34. The van der Waals surface area contributed by atoms with Gasteiger partial charge in [0.25, 0.3) is 0 Å². The van der Waals surface area contributed by atoms with Gasteiger partial charge in [-0.15, -0.1) is 0 Å². The third-order valence-corrected chi connectivity index (χ3v) is 2.32. The zero-order valence-electron chi connectivity index (χ0n) is 10.5. The van der Waals surface area contributed by atoms with Crippen molar-refractivity contribution in [2.75, 3.05) is 6.54 Å². The van der Waals surface area contributed by atoms with E-state index in [1.807, 2.05) is 0 Å². The molecule has 1 heterocycles. The predicted octanol–water partition coefficient (Wildman–Crippen LogP) is -1.37. The topological polar surface area (TPSA) is 160 Å². The Hall–Kier alpha value is -2.65. The molecule has 10 heteroatoms. The number of nitrogens with zero attached hydrogens (tertiary/aromatic N) is 2. The molecule has 20 heavy (non-hydrogen) atoms. The van der Waals surface area contributed by atoms with E-state index in [2.05, 4.69) is 25.3 Å². The number of primary amides is 1. The van der Waals surface area contributed by atoms with E-state index < -0.39 is 23.9 Å². The van der Waals surface area contributed by atoms with Crippen LogP contribution >= 0.6 is 0 Å². The van der Waals surface area contributed by atoms with Crippen LogP contribution in [0.4, 0.5) is 4.79 Å². The van der Waals surface area contributed by atoms with Crippen LogP contribution in [0.5, 0.6) is 0 Å². The van der Waals surface area contributed by atoms with Gasteiger partial charge >= 0.3 is 12.0 Å². The SMILES string of the molecule is NC(=O)CC[C@H](NC(=O)NCCc1ncon1)C(=O)O. The van der Waals surface area contributed by atoms with Crippen molar-refractivity contribution in [3.63, 3.8) is 0 Å². The van der Waals surface area contributed by atoms with Gasteiger partial charge in [0.1, 0.15) is 6.04 Å². The summed E-state index contributed by atoms with van der Waals surface area (Å²) in [6.07, 6.45) is 1.33. The lowest BCUT2D eigenvalue weighted by Crippen LogP contribution is -2.46. The van der Waals surface area contributed by atoms with E-state index in [0.29, 0.717) is 12.2 Å². The number of nitrogens with one attached hydrogen (secondary N) is 2. The fraction of sp³-hybridized carbons (Fsp3) is 0.500. The quantitative estimate of drug-likeness (QED) is 0.458.